The summed E-state index contributed by atoms with van der Waals surface area (Å²) >= 11 is 0. The first kappa shape index (κ1) is 20.5. The Morgan fingerprint density at radius 1 is 1.07 bits per heavy atom. The Bertz CT molecular complexity index is 982. The summed E-state index contributed by atoms with van der Waals surface area (Å²) in [6.45, 7) is 2.29. The number of aldehydes is 1. The third kappa shape index (κ3) is 4.97. The maximum absolute atomic E-state index is 14.1. The van der Waals surface area contributed by atoms with Crippen molar-refractivity contribution in [2.75, 3.05) is 6.61 Å². The lowest BCUT2D eigenvalue weighted by molar-refractivity contribution is 0.0515. The summed E-state index contributed by atoms with van der Waals surface area (Å²) in [6, 6.07) is 15.9. The molecule has 3 rings (SSSR count). The molecular formula is C23H22FNO4. The molecule has 29 heavy (non-hydrogen) atoms. The Balaban J connectivity index is 1.88. The van der Waals surface area contributed by atoms with Crippen LogP contribution in [0, 0.1) is 5.82 Å². The number of hydrogen-bond donors (Lipinski definition) is 0. The van der Waals surface area contributed by atoms with Gasteiger partial charge >= 0.3 is 5.97 Å². The van der Waals surface area contributed by atoms with Crippen LogP contribution in [0.1, 0.15) is 44.5 Å². The first-order valence-electron chi connectivity index (χ1n) is 9.33. The lowest BCUT2D eigenvalue weighted by Gasteiger charge is -2.08. The van der Waals surface area contributed by atoms with Gasteiger partial charge in [0.15, 0.2) is 6.29 Å². The van der Waals surface area contributed by atoms with Crippen LogP contribution in [0.3, 0.4) is 0 Å². The minimum absolute atomic E-state index is 0.0760. The Kier molecular flexibility index (Phi) is 6.92. The molecule has 6 heteroatoms. The van der Waals surface area contributed by atoms with E-state index in [1.54, 1.807) is 35.9 Å². The van der Waals surface area contributed by atoms with Crippen molar-refractivity contribution >= 4 is 12.3 Å². The zero-order chi connectivity index (χ0) is 20.6. The normalized spacial score (nSPS) is 10.7. The van der Waals surface area contributed by atoms with Crippen LogP contribution in [0.4, 0.5) is 4.39 Å². The molecule has 0 fully saturated rings. The number of carbonyl (C=O) groups excluding carboxylic acids is 2. The number of esters is 1. The Morgan fingerprint density at radius 3 is 2.48 bits per heavy atom. The van der Waals surface area contributed by atoms with Crippen molar-refractivity contribution in [2.24, 2.45) is 0 Å². The molecule has 1 aromatic heterocycles. The number of halogens is 1. The van der Waals surface area contributed by atoms with Gasteiger partial charge in [0.05, 0.1) is 24.5 Å². The van der Waals surface area contributed by atoms with E-state index in [-0.39, 0.29) is 36.8 Å². The fraction of sp³-hybridized carbons (Fsp3) is 0.217. The second kappa shape index (κ2) is 9.80. The number of hydrogen-bond acceptors (Lipinski definition) is 4. The molecular weight excluding hydrogens is 373 g/mol. The van der Waals surface area contributed by atoms with Crippen LogP contribution in [0.2, 0.25) is 0 Å². The third-order valence-electron chi connectivity index (χ3n) is 4.47. The first-order chi connectivity index (χ1) is 14.1. The fourth-order valence-electron chi connectivity index (χ4n) is 3.12. The average molecular weight is 395 g/mol. The Hall–Kier alpha value is -3.25. The average Bonchev–Trinajstić information content (AvgIpc) is 3.08. The summed E-state index contributed by atoms with van der Waals surface area (Å²) in [6.07, 6.45) is 2.41. The summed E-state index contributed by atoms with van der Waals surface area (Å²) in [7, 11) is 0. The van der Waals surface area contributed by atoms with Crippen LogP contribution < -0.4 is 0 Å². The number of benzene rings is 2. The highest BCUT2D eigenvalue weighted by atomic mass is 19.1. The molecule has 0 saturated carbocycles. The Labute approximate surface area is 168 Å². The van der Waals surface area contributed by atoms with E-state index in [0.29, 0.717) is 24.0 Å². The minimum atomic E-state index is -0.609. The Morgan fingerprint density at radius 2 is 1.79 bits per heavy atom. The summed E-state index contributed by atoms with van der Waals surface area (Å²) in [5.74, 6) is -0.981. The zero-order valence-corrected chi connectivity index (χ0v) is 16.1. The molecule has 5 nitrogen and oxygen atoms in total. The summed E-state index contributed by atoms with van der Waals surface area (Å²) < 4.78 is 26.5. The van der Waals surface area contributed by atoms with E-state index in [0.717, 1.165) is 5.56 Å². The maximum Gasteiger partial charge on any atom is 0.340 e. The van der Waals surface area contributed by atoms with E-state index in [9.17, 15) is 14.0 Å². The second-order valence-corrected chi connectivity index (χ2v) is 6.45. The molecule has 0 aliphatic rings. The van der Waals surface area contributed by atoms with Crippen molar-refractivity contribution in [1.82, 2.24) is 4.57 Å². The van der Waals surface area contributed by atoms with Gasteiger partial charge in [-0.25, -0.2) is 9.18 Å². The highest BCUT2D eigenvalue weighted by molar-refractivity contribution is 5.99. The predicted octanol–water partition coefficient (Wildman–Crippen LogP) is 4.38. The summed E-state index contributed by atoms with van der Waals surface area (Å²) in [4.78, 5) is 24.3. The second-order valence-electron chi connectivity index (χ2n) is 6.45. The zero-order valence-electron chi connectivity index (χ0n) is 16.1. The van der Waals surface area contributed by atoms with Crippen LogP contribution >= 0.6 is 0 Å². The molecule has 0 amide bonds. The van der Waals surface area contributed by atoms with Gasteiger partial charge in [-0.1, -0.05) is 48.5 Å². The molecule has 0 N–H and O–H groups in total. The van der Waals surface area contributed by atoms with Crippen molar-refractivity contribution < 1.29 is 23.5 Å². The van der Waals surface area contributed by atoms with Gasteiger partial charge in [0, 0.05) is 12.6 Å². The quantitative estimate of drug-likeness (QED) is 0.399. The molecule has 0 bridgehead atoms. The van der Waals surface area contributed by atoms with Crippen LogP contribution in [-0.4, -0.2) is 23.4 Å². The topological polar surface area (TPSA) is 57.5 Å². The molecule has 0 saturated heterocycles. The van der Waals surface area contributed by atoms with E-state index >= 15 is 0 Å². The van der Waals surface area contributed by atoms with Crippen molar-refractivity contribution in [3.8, 4) is 0 Å². The lowest BCUT2D eigenvalue weighted by atomic mass is 10.0. The van der Waals surface area contributed by atoms with Crippen LogP contribution in [-0.2, 0) is 29.2 Å². The van der Waals surface area contributed by atoms with Crippen molar-refractivity contribution in [3.63, 3.8) is 0 Å². The maximum atomic E-state index is 14.1. The van der Waals surface area contributed by atoms with Crippen molar-refractivity contribution in [2.45, 2.75) is 26.7 Å². The molecule has 0 aliphatic carbocycles. The third-order valence-corrected chi connectivity index (χ3v) is 4.47. The number of aromatic nitrogens is 1. The molecule has 0 radical (unpaired) electrons. The summed E-state index contributed by atoms with van der Waals surface area (Å²) in [5, 5.41) is 0. The van der Waals surface area contributed by atoms with E-state index in [1.807, 2.05) is 30.3 Å². The van der Waals surface area contributed by atoms with Gasteiger partial charge in [-0.3, -0.25) is 4.79 Å². The van der Waals surface area contributed by atoms with E-state index in [2.05, 4.69) is 0 Å². The molecule has 150 valence electrons. The van der Waals surface area contributed by atoms with Crippen LogP contribution in [0.5, 0.6) is 0 Å². The van der Waals surface area contributed by atoms with Crippen LogP contribution in [0.25, 0.3) is 0 Å². The van der Waals surface area contributed by atoms with Gasteiger partial charge in [0.1, 0.15) is 12.5 Å². The number of ether oxygens (including phenoxy) is 2. The largest absolute Gasteiger partial charge is 0.462 e. The van der Waals surface area contributed by atoms with Crippen LogP contribution in [0.15, 0.2) is 60.8 Å². The lowest BCUT2D eigenvalue weighted by Crippen LogP contribution is -2.12. The van der Waals surface area contributed by atoms with Gasteiger partial charge in [0.2, 0.25) is 0 Å². The highest BCUT2D eigenvalue weighted by Gasteiger charge is 2.23. The number of rotatable bonds is 9. The van der Waals surface area contributed by atoms with E-state index < -0.39 is 5.97 Å². The molecule has 2 aromatic carbocycles. The predicted molar refractivity (Wildman–Crippen MR) is 106 cm³/mol. The first-order valence-corrected chi connectivity index (χ1v) is 9.33. The number of carbonyl (C=O) groups is 2. The van der Waals surface area contributed by atoms with Gasteiger partial charge < -0.3 is 14.0 Å². The summed E-state index contributed by atoms with van der Waals surface area (Å²) in [5.41, 5.74) is 2.23. The standard InChI is InChI=1S/C23H22FNO4/c1-2-29-23(27)22-19(12-18-10-6-7-11-20(18)24)13-25(21(22)14-26)16-28-15-17-8-4-3-5-9-17/h3-11,13-14H,2,12,15-16H2,1H3. The van der Waals surface area contributed by atoms with Crippen molar-refractivity contribution in [1.29, 1.82) is 0 Å². The van der Waals surface area contributed by atoms with Gasteiger partial charge in [-0.15, -0.1) is 0 Å². The smallest absolute Gasteiger partial charge is 0.340 e. The molecule has 0 spiro atoms. The number of nitrogens with zero attached hydrogens (tertiary/aromatic N) is 1. The molecule has 3 aromatic rings. The van der Waals surface area contributed by atoms with Gasteiger partial charge in [0.25, 0.3) is 0 Å². The molecule has 0 unspecified atom stereocenters. The molecule has 1 heterocycles. The molecule has 0 atom stereocenters. The fourth-order valence-corrected chi connectivity index (χ4v) is 3.12. The highest BCUT2D eigenvalue weighted by Crippen LogP contribution is 2.23. The van der Waals surface area contributed by atoms with Crippen molar-refractivity contribution in [3.05, 3.63) is 94.6 Å². The van der Waals surface area contributed by atoms with Gasteiger partial charge in [-0.2, -0.15) is 0 Å². The van der Waals surface area contributed by atoms with E-state index in [4.69, 9.17) is 9.47 Å². The monoisotopic (exact) mass is 395 g/mol. The van der Waals surface area contributed by atoms with E-state index in [1.165, 1.54) is 6.07 Å². The van der Waals surface area contributed by atoms with Gasteiger partial charge in [-0.05, 0) is 29.7 Å². The minimum Gasteiger partial charge on any atom is -0.462 e. The SMILES string of the molecule is CCOC(=O)c1c(Cc2ccccc2F)cn(COCc2ccccc2)c1C=O. The molecule has 0 aliphatic heterocycles.